The van der Waals surface area contributed by atoms with E-state index in [1.165, 1.54) is 38.4 Å². The number of carbonyl (C=O) groups excluding carboxylic acids is 3. The number of carbonyl (C=O) groups is 3. The smallest absolute Gasteiger partial charge is 0.343 e. The predicted octanol–water partition coefficient (Wildman–Crippen LogP) is 7.41. The van der Waals surface area contributed by atoms with Gasteiger partial charge in [0.25, 0.3) is 5.91 Å². The fourth-order valence-corrected chi connectivity index (χ4v) is 5.53. The minimum Gasteiger partial charge on any atom is -0.493 e. The Morgan fingerprint density at radius 3 is 2.43 bits per heavy atom. The number of fused-ring (bicyclic) bond motifs is 1. The molecule has 0 saturated heterocycles. The van der Waals surface area contributed by atoms with Crippen LogP contribution in [0.2, 0.25) is 5.02 Å². The summed E-state index contributed by atoms with van der Waals surface area (Å²) in [5.41, 5.74) is 5.87. The first-order valence-electron chi connectivity index (χ1n) is 13.9. The first kappa shape index (κ1) is 32.5. The van der Waals surface area contributed by atoms with E-state index in [9.17, 15) is 14.4 Å². The van der Waals surface area contributed by atoms with E-state index in [1.54, 1.807) is 31.2 Å². The molecule has 12 heteroatoms. The van der Waals surface area contributed by atoms with E-state index in [0.717, 1.165) is 20.0 Å². The number of amides is 1. The number of hydrogen-bond donors (Lipinski definition) is 2. The van der Waals surface area contributed by atoms with Crippen molar-refractivity contribution in [2.75, 3.05) is 13.7 Å². The van der Waals surface area contributed by atoms with Gasteiger partial charge in [-0.15, -0.1) is 0 Å². The van der Waals surface area contributed by atoms with Gasteiger partial charge in [-0.05, 0) is 83.6 Å². The molecule has 0 atom stereocenters. The molecule has 0 unspecified atom stereocenters. The molecular weight excluding hydrogens is 725 g/mol. The number of esters is 2. The lowest BCUT2D eigenvalue weighted by molar-refractivity contribution is -0.132. The Morgan fingerprint density at radius 1 is 0.935 bits per heavy atom. The third kappa shape index (κ3) is 7.16. The van der Waals surface area contributed by atoms with Crippen LogP contribution in [0.4, 0.5) is 0 Å². The number of para-hydroxylation sites is 1. The number of halogens is 2. The third-order valence-electron chi connectivity index (χ3n) is 6.66. The van der Waals surface area contributed by atoms with Gasteiger partial charge >= 0.3 is 11.9 Å². The van der Waals surface area contributed by atoms with Crippen LogP contribution in [0, 0.1) is 3.57 Å². The van der Waals surface area contributed by atoms with E-state index in [2.05, 4.69) is 38.1 Å². The van der Waals surface area contributed by atoms with Crippen molar-refractivity contribution in [2.45, 2.75) is 13.8 Å². The number of rotatable bonds is 10. The Morgan fingerprint density at radius 2 is 1.70 bits per heavy atom. The summed E-state index contributed by atoms with van der Waals surface area (Å²) in [7, 11) is 1.39. The lowest BCUT2D eigenvalue weighted by Crippen LogP contribution is -2.19. The largest absolute Gasteiger partial charge is 0.493 e. The minimum absolute atomic E-state index is 0.173. The first-order valence-corrected chi connectivity index (χ1v) is 15.4. The molecule has 1 amide bonds. The molecule has 4 aromatic carbocycles. The van der Waals surface area contributed by atoms with Crippen LogP contribution in [0.15, 0.2) is 84.0 Å². The number of hydrogen-bond acceptors (Lipinski definition) is 8. The molecule has 1 heterocycles. The van der Waals surface area contributed by atoms with E-state index in [1.807, 2.05) is 36.4 Å². The van der Waals surface area contributed by atoms with Crippen LogP contribution >= 0.6 is 34.2 Å². The zero-order valence-corrected chi connectivity index (χ0v) is 27.8. The Labute approximate surface area is 282 Å². The van der Waals surface area contributed by atoms with E-state index >= 15 is 0 Å². The molecular formula is C34H27ClIN3O7. The lowest BCUT2D eigenvalue weighted by Gasteiger charge is -2.13. The first-order chi connectivity index (χ1) is 22.2. The molecule has 46 heavy (non-hydrogen) atoms. The molecule has 10 nitrogen and oxygen atoms in total. The summed E-state index contributed by atoms with van der Waals surface area (Å²) in [5.74, 6) is -0.809. The van der Waals surface area contributed by atoms with E-state index in [0.29, 0.717) is 34.2 Å². The predicted molar refractivity (Wildman–Crippen MR) is 183 cm³/mol. The van der Waals surface area contributed by atoms with E-state index in [4.69, 9.17) is 30.5 Å². The fourth-order valence-electron chi connectivity index (χ4n) is 4.67. The number of H-pyrrole nitrogens is 1. The van der Waals surface area contributed by atoms with Crippen molar-refractivity contribution >= 4 is 69.2 Å². The summed E-state index contributed by atoms with van der Waals surface area (Å²) in [6, 6.07) is 22.3. The monoisotopic (exact) mass is 751 g/mol. The fraction of sp³-hybridized carbons (Fsp3) is 0.118. The van der Waals surface area contributed by atoms with Crippen molar-refractivity contribution in [3.05, 3.63) is 104 Å². The normalized spacial score (nSPS) is 11.0. The summed E-state index contributed by atoms with van der Waals surface area (Å²) in [6.07, 6.45) is 1.45. The van der Waals surface area contributed by atoms with Crippen molar-refractivity contribution in [3.63, 3.8) is 0 Å². The number of benzene rings is 4. The van der Waals surface area contributed by atoms with Crippen LogP contribution in [-0.4, -0.2) is 42.8 Å². The van der Waals surface area contributed by atoms with Gasteiger partial charge < -0.3 is 23.9 Å². The third-order valence-corrected chi connectivity index (χ3v) is 7.88. The average molecular weight is 752 g/mol. The van der Waals surface area contributed by atoms with Crippen molar-refractivity contribution in [1.29, 1.82) is 0 Å². The highest BCUT2D eigenvalue weighted by molar-refractivity contribution is 14.1. The summed E-state index contributed by atoms with van der Waals surface area (Å²) in [5, 5.41) is 5.54. The van der Waals surface area contributed by atoms with Gasteiger partial charge in [-0.25, -0.2) is 10.2 Å². The Bertz CT molecular complexity index is 1990. The number of aromatic nitrogens is 1. The van der Waals surface area contributed by atoms with Crippen LogP contribution in [0.3, 0.4) is 0 Å². The Kier molecular flexibility index (Phi) is 10.2. The second-order valence-electron chi connectivity index (χ2n) is 9.70. The molecule has 0 bridgehead atoms. The number of methoxy groups -OCH3 is 1. The molecule has 5 rings (SSSR count). The van der Waals surface area contributed by atoms with Crippen LogP contribution in [-0.2, 0) is 4.79 Å². The average Bonchev–Trinajstić information content (AvgIpc) is 3.43. The lowest BCUT2D eigenvalue weighted by atomic mass is 10.0. The Balaban J connectivity index is 1.35. The number of aromatic amines is 1. The standard InChI is InChI=1S/C34H27ClIN3O7/c1-4-44-29-16-20(12-14-27(29)46-34(42)21-13-15-26(45-19(2)40)28(17-21)43-3)18-37-39-33(41)32-30(22-8-5-6-10-24(22)35)23-9-7-11-25(36)31(23)38-32/h5-18,38H,4H2,1-3H3,(H,39,41). The second-order valence-corrected chi connectivity index (χ2v) is 11.3. The van der Waals surface area contributed by atoms with Gasteiger partial charge in [0.05, 0.1) is 31.0 Å². The summed E-state index contributed by atoms with van der Waals surface area (Å²) in [6.45, 7) is 3.36. The maximum atomic E-state index is 13.4. The van der Waals surface area contributed by atoms with Gasteiger partial charge in [0.2, 0.25) is 0 Å². The minimum atomic E-state index is -0.676. The molecule has 234 valence electrons. The van der Waals surface area contributed by atoms with Gasteiger partial charge in [0, 0.05) is 32.0 Å². The number of nitrogens with zero attached hydrogens (tertiary/aromatic N) is 1. The summed E-state index contributed by atoms with van der Waals surface area (Å²) in [4.78, 5) is 40.9. The number of nitrogens with one attached hydrogen (secondary N) is 2. The number of ether oxygens (including phenoxy) is 4. The van der Waals surface area contributed by atoms with Crippen LogP contribution in [0.1, 0.15) is 40.3 Å². The molecule has 5 aromatic rings. The molecule has 0 aliphatic heterocycles. The maximum absolute atomic E-state index is 13.4. The zero-order chi connectivity index (χ0) is 32.8. The SMILES string of the molecule is CCOc1cc(C=NNC(=O)c2[nH]c3c(I)cccc3c2-c2ccccc2Cl)ccc1OC(=O)c1ccc(OC(C)=O)c(OC)c1. The van der Waals surface area contributed by atoms with Crippen molar-refractivity contribution < 1.29 is 33.3 Å². The van der Waals surface area contributed by atoms with Crippen LogP contribution in [0.25, 0.3) is 22.0 Å². The van der Waals surface area contributed by atoms with Crippen molar-refractivity contribution in [2.24, 2.45) is 5.10 Å². The summed E-state index contributed by atoms with van der Waals surface area (Å²) >= 11 is 8.75. The molecule has 0 spiro atoms. The summed E-state index contributed by atoms with van der Waals surface area (Å²) < 4.78 is 22.6. The molecule has 0 aliphatic rings. The zero-order valence-electron chi connectivity index (χ0n) is 24.9. The molecule has 0 saturated carbocycles. The van der Waals surface area contributed by atoms with Gasteiger partial charge in [-0.1, -0.05) is 41.9 Å². The Hall–Kier alpha value is -4.88. The highest BCUT2D eigenvalue weighted by Crippen LogP contribution is 2.38. The second kappa shape index (κ2) is 14.5. The van der Waals surface area contributed by atoms with Crippen molar-refractivity contribution in [1.82, 2.24) is 10.4 Å². The number of hydrazone groups is 1. The van der Waals surface area contributed by atoms with Crippen LogP contribution in [0.5, 0.6) is 23.0 Å². The molecule has 0 aliphatic carbocycles. The maximum Gasteiger partial charge on any atom is 0.343 e. The highest BCUT2D eigenvalue weighted by atomic mass is 127. The topological polar surface area (TPSA) is 128 Å². The van der Waals surface area contributed by atoms with Crippen molar-refractivity contribution in [3.8, 4) is 34.1 Å². The van der Waals surface area contributed by atoms with Gasteiger partial charge in [0.1, 0.15) is 5.69 Å². The van der Waals surface area contributed by atoms with Gasteiger partial charge in [0.15, 0.2) is 23.0 Å². The molecule has 0 radical (unpaired) electrons. The van der Waals surface area contributed by atoms with Gasteiger partial charge in [-0.3, -0.25) is 9.59 Å². The molecule has 2 N–H and O–H groups in total. The molecule has 0 fully saturated rings. The van der Waals surface area contributed by atoms with Gasteiger partial charge in [-0.2, -0.15) is 5.10 Å². The molecule has 1 aromatic heterocycles. The highest BCUT2D eigenvalue weighted by Gasteiger charge is 2.22. The van der Waals surface area contributed by atoms with E-state index < -0.39 is 17.8 Å². The quantitative estimate of drug-likeness (QED) is 0.0500. The van der Waals surface area contributed by atoms with Crippen LogP contribution < -0.4 is 24.4 Å². The van der Waals surface area contributed by atoms with E-state index in [-0.39, 0.29) is 22.8 Å².